The molecule has 0 unspecified atom stereocenters. The third-order valence-corrected chi connectivity index (χ3v) is 4.07. The maximum absolute atomic E-state index is 12.2. The molecule has 0 aliphatic rings. The van der Waals surface area contributed by atoms with Gasteiger partial charge in [-0.1, -0.05) is 38.1 Å². The second-order valence-electron chi connectivity index (χ2n) is 6.32. The van der Waals surface area contributed by atoms with Crippen molar-refractivity contribution >= 4 is 11.6 Å². The standard InChI is InChI=1S/C18H26N4O/c1-11(2)17(15-9-7-6-8-12(15)3)19-10-16(23)20-18-13(4)21-22-14(18)5/h6-9,11,17,19H,10H2,1-5H3,(H,20,23)(H,21,22)/t17-/m0/s1. The highest BCUT2D eigenvalue weighted by Gasteiger charge is 2.18. The Morgan fingerprint density at radius 2 is 1.91 bits per heavy atom. The summed E-state index contributed by atoms with van der Waals surface area (Å²) in [5.74, 6) is 0.332. The summed E-state index contributed by atoms with van der Waals surface area (Å²) in [6.45, 7) is 10.5. The summed E-state index contributed by atoms with van der Waals surface area (Å²) in [6, 6.07) is 8.44. The highest BCUT2D eigenvalue weighted by molar-refractivity contribution is 5.93. The highest BCUT2D eigenvalue weighted by Crippen LogP contribution is 2.24. The number of rotatable bonds is 6. The fourth-order valence-electron chi connectivity index (χ4n) is 2.76. The van der Waals surface area contributed by atoms with Crippen LogP contribution >= 0.6 is 0 Å². The van der Waals surface area contributed by atoms with Crippen molar-refractivity contribution in [3.8, 4) is 0 Å². The van der Waals surface area contributed by atoms with Gasteiger partial charge in [0.05, 0.1) is 23.6 Å². The lowest BCUT2D eigenvalue weighted by molar-refractivity contribution is -0.115. The summed E-state index contributed by atoms with van der Waals surface area (Å²) in [4.78, 5) is 12.2. The first-order valence-corrected chi connectivity index (χ1v) is 8.00. The first-order valence-electron chi connectivity index (χ1n) is 8.00. The van der Waals surface area contributed by atoms with Crippen molar-refractivity contribution in [3.05, 3.63) is 46.8 Å². The van der Waals surface area contributed by atoms with Crippen LogP contribution in [-0.4, -0.2) is 22.6 Å². The van der Waals surface area contributed by atoms with Gasteiger partial charge in [0.25, 0.3) is 0 Å². The quantitative estimate of drug-likeness (QED) is 0.766. The summed E-state index contributed by atoms with van der Waals surface area (Å²) >= 11 is 0. The minimum atomic E-state index is -0.0585. The van der Waals surface area contributed by atoms with Crippen molar-refractivity contribution in [1.29, 1.82) is 0 Å². The second kappa shape index (κ2) is 7.42. The molecule has 5 heteroatoms. The van der Waals surface area contributed by atoms with Gasteiger partial charge in [0.1, 0.15) is 0 Å². The number of carbonyl (C=O) groups excluding carboxylic acids is 1. The zero-order chi connectivity index (χ0) is 17.0. The molecule has 124 valence electrons. The number of carbonyl (C=O) groups is 1. The SMILES string of the molecule is Cc1ccccc1[C@@H](NCC(=O)Nc1c(C)n[nH]c1C)C(C)C. The summed E-state index contributed by atoms with van der Waals surface area (Å²) in [6.07, 6.45) is 0. The summed E-state index contributed by atoms with van der Waals surface area (Å²) in [5, 5.41) is 13.3. The van der Waals surface area contributed by atoms with Crippen molar-refractivity contribution in [2.75, 3.05) is 11.9 Å². The Labute approximate surface area is 137 Å². The van der Waals surface area contributed by atoms with Crippen LogP contribution in [0.15, 0.2) is 24.3 Å². The highest BCUT2D eigenvalue weighted by atomic mass is 16.1. The molecule has 2 rings (SSSR count). The molecule has 0 aliphatic carbocycles. The Hall–Kier alpha value is -2.14. The molecule has 0 saturated heterocycles. The Morgan fingerprint density at radius 3 is 2.48 bits per heavy atom. The molecule has 1 heterocycles. The topological polar surface area (TPSA) is 69.8 Å². The monoisotopic (exact) mass is 314 g/mol. The lowest BCUT2D eigenvalue weighted by atomic mass is 9.92. The van der Waals surface area contributed by atoms with E-state index in [1.807, 2.05) is 26.0 Å². The van der Waals surface area contributed by atoms with Crippen LogP contribution in [-0.2, 0) is 4.79 Å². The van der Waals surface area contributed by atoms with Crippen molar-refractivity contribution < 1.29 is 4.79 Å². The number of nitrogens with zero attached hydrogens (tertiary/aromatic N) is 1. The van der Waals surface area contributed by atoms with Crippen LogP contribution in [0.2, 0.25) is 0 Å². The predicted octanol–water partition coefficient (Wildman–Crippen LogP) is 3.26. The summed E-state index contributed by atoms with van der Waals surface area (Å²) in [5.41, 5.74) is 4.92. The summed E-state index contributed by atoms with van der Waals surface area (Å²) in [7, 11) is 0. The van der Waals surface area contributed by atoms with E-state index < -0.39 is 0 Å². The number of H-pyrrole nitrogens is 1. The molecule has 1 atom stereocenters. The number of nitrogens with one attached hydrogen (secondary N) is 3. The molecule has 2 aromatic rings. The lowest BCUT2D eigenvalue weighted by Crippen LogP contribution is -2.34. The molecule has 5 nitrogen and oxygen atoms in total. The van der Waals surface area contributed by atoms with Gasteiger partial charge in [-0.3, -0.25) is 9.89 Å². The Bertz CT molecular complexity index is 656. The van der Waals surface area contributed by atoms with Crippen molar-refractivity contribution in [3.63, 3.8) is 0 Å². The number of amides is 1. The van der Waals surface area contributed by atoms with Gasteiger partial charge in [-0.25, -0.2) is 0 Å². The van der Waals surface area contributed by atoms with Crippen LogP contribution in [0.3, 0.4) is 0 Å². The molecule has 0 spiro atoms. The normalized spacial score (nSPS) is 12.4. The van der Waals surface area contributed by atoms with Gasteiger partial charge in [-0.2, -0.15) is 5.10 Å². The minimum absolute atomic E-state index is 0.0585. The average molecular weight is 314 g/mol. The van der Waals surface area contributed by atoms with Gasteiger partial charge in [0, 0.05) is 6.04 Å². The van der Waals surface area contributed by atoms with E-state index in [2.05, 4.69) is 53.7 Å². The van der Waals surface area contributed by atoms with E-state index in [9.17, 15) is 4.79 Å². The van der Waals surface area contributed by atoms with Crippen LogP contribution in [0.4, 0.5) is 5.69 Å². The number of hydrogen-bond acceptors (Lipinski definition) is 3. The van der Waals surface area contributed by atoms with Crippen molar-refractivity contribution in [2.24, 2.45) is 5.92 Å². The molecule has 0 radical (unpaired) electrons. The van der Waals surface area contributed by atoms with Gasteiger partial charge < -0.3 is 10.6 Å². The molecular weight excluding hydrogens is 288 g/mol. The van der Waals surface area contributed by atoms with Crippen molar-refractivity contribution in [1.82, 2.24) is 15.5 Å². The van der Waals surface area contributed by atoms with Crippen LogP contribution in [0.25, 0.3) is 0 Å². The molecule has 1 amide bonds. The third kappa shape index (κ3) is 4.20. The fourth-order valence-corrected chi connectivity index (χ4v) is 2.76. The van der Waals surface area contributed by atoms with Crippen LogP contribution in [0, 0.1) is 26.7 Å². The number of aromatic amines is 1. The van der Waals surface area contributed by atoms with E-state index in [1.54, 1.807) is 0 Å². The van der Waals surface area contributed by atoms with E-state index in [1.165, 1.54) is 11.1 Å². The largest absolute Gasteiger partial charge is 0.322 e. The smallest absolute Gasteiger partial charge is 0.238 e. The van der Waals surface area contributed by atoms with Gasteiger partial charge in [0.2, 0.25) is 5.91 Å². The van der Waals surface area contributed by atoms with Gasteiger partial charge in [0.15, 0.2) is 0 Å². The number of hydrogen-bond donors (Lipinski definition) is 3. The molecule has 0 bridgehead atoms. The minimum Gasteiger partial charge on any atom is -0.322 e. The number of aryl methyl sites for hydroxylation is 3. The Balaban J connectivity index is 2.02. The molecule has 0 fully saturated rings. The van der Waals surface area contributed by atoms with Gasteiger partial charge >= 0.3 is 0 Å². The maximum Gasteiger partial charge on any atom is 0.238 e. The van der Waals surface area contributed by atoms with Crippen LogP contribution in [0.1, 0.15) is 42.4 Å². The number of anilines is 1. The van der Waals surface area contributed by atoms with E-state index >= 15 is 0 Å². The molecule has 3 N–H and O–H groups in total. The number of benzene rings is 1. The molecule has 23 heavy (non-hydrogen) atoms. The second-order valence-corrected chi connectivity index (χ2v) is 6.32. The maximum atomic E-state index is 12.2. The molecule has 0 saturated carbocycles. The zero-order valence-corrected chi connectivity index (χ0v) is 14.5. The van der Waals surface area contributed by atoms with Crippen molar-refractivity contribution in [2.45, 2.75) is 40.7 Å². The van der Waals surface area contributed by atoms with E-state index in [0.29, 0.717) is 5.92 Å². The van der Waals surface area contributed by atoms with Crippen LogP contribution in [0.5, 0.6) is 0 Å². The van der Waals surface area contributed by atoms with Gasteiger partial charge in [-0.05, 0) is 37.8 Å². The lowest BCUT2D eigenvalue weighted by Gasteiger charge is -2.24. The molecular formula is C18H26N4O. The fraction of sp³-hybridized carbons (Fsp3) is 0.444. The van der Waals surface area contributed by atoms with E-state index in [0.717, 1.165) is 17.1 Å². The third-order valence-electron chi connectivity index (χ3n) is 4.07. The van der Waals surface area contributed by atoms with E-state index in [-0.39, 0.29) is 18.5 Å². The molecule has 1 aromatic carbocycles. The predicted molar refractivity (Wildman–Crippen MR) is 93.5 cm³/mol. The first kappa shape index (κ1) is 17.2. The number of aromatic nitrogens is 2. The molecule has 1 aromatic heterocycles. The zero-order valence-electron chi connectivity index (χ0n) is 14.5. The van der Waals surface area contributed by atoms with Crippen LogP contribution < -0.4 is 10.6 Å². The molecule has 0 aliphatic heterocycles. The van der Waals surface area contributed by atoms with E-state index in [4.69, 9.17) is 0 Å². The van der Waals surface area contributed by atoms with Gasteiger partial charge in [-0.15, -0.1) is 0 Å². The first-order chi connectivity index (χ1) is 10.9. The Kier molecular flexibility index (Phi) is 5.55. The average Bonchev–Trinajstić information content (AvgIpc) is 2.81. The summed E-state index contributed by atoms with van der Waals surface area (Å²) < 4.78 is 0. The Morgan fingerprint density at radius 1 is 1.22 bits per heavy atom.